The highest BCUT2D eigenvalue weighted by atomic mass is 32.2. The first-order valence-electron chi connectivity index (χ1n) is 4.68. The van der Waals surface area contributed by atoms with Crippen LogP contribution in [0.25, 0.3) is 0 Å². The summed E-state index contributed by atoms with van der Waals surface area (Å²) in [7, 11) is 0.757. The minimum Gasteiger partial charge on any atom is -0.383 e. The molecule has 0 aliphatic heterocycles. The number of nitrogens with one attached hydrogen (secondary N) is 2. The molecule has 0 fully saturated rings. The molecule has 0 spiro atoms. The van der Waals surface area contributed by atoms with E-state index in [1.165, 1.54) is 0 Å². The van der Waals surface area contributed by atoms with E-state index in [2.05, 4.69) is 15.7 Å². The zero-order chi connectivity index (χ0) is 11.7. The van der Waals surface area contributed by atoms with Crippen molar-refractivity contribution >= 4 is 16.8 Å². The fourth-order valence-electron chi connectivity index (χ4n) is 0.749. The summed E-state index contributed by atoms with van der Waals surface area (Å²) < 4.78 is 15.9. The van der Waals surface area contributed by atoms with E-state index >= 15 is 0 Å². The molecule has 2 unspecified atom stereocenters. The molecular weight excluding hydrogens is 216 g/mol. The van der Waals surface area contributed by atoms with E-state index in [1.54, 1.807) is 13.4 Å². The second-order valence-electron chi connectivity index (χ2n) is 3.06. The number of hydrogen-bond donors (Lipinski definition) is 3. The Kier molecular flexibility index (Phi) is 8.25. The zero-order valence-electron chi connectivity index (χ0n) is 9.45. The Morgan fingerprint density at radius 1 is 1.67 bits per heavy atom. The molecule has 4 N–H and O–H groups in total. The van der Waals surface area contributed by atoms with Crippen LogP contribution in [0.2, 0.25) is 0 Å². The van der Waals surface area contributed by atoms with Gasteiger partial charge in [-0.1, -0.05) is 0 Å². The molecule has 0 amide bonds. The number of nitrogens with two attached hydrogens (primary N) is 1. The lowest BCUT2D eigenvalue weighted by molar-refractivity contribution is 0.203. The summed E-state index contributed by atoms with van der Waals surface area (Å²) in [5, 5.41) is 2.98. The lowest BCUT2D eigenvalue weighted by Gasteiger charge is -2.10. The van der Waals surface area contributed by atoms with Crippen molar-refractivity contribution in [2.75, 3.05) is 33.1 Å². The SMILES string of the molecule is COCCNC(=NCC(C)S(C)=O)NN. The lowest BCUT2D eigenvalue weighted by Crippen LogP contribution is -2.43. The van der Waals surface area contributed by atoms with E-state index in [0.29, 0.717) is 25.7 Å². The van der Waals surface area contributed by atoms with Gasteiger partial charge >= 0.3 is 0 Å². The van der Waals surface area contributed by atoms with Gasteiger partial charge in [0.15, 0.2) is 0 Å². The number of hydrazine groups is 1. The Labute approximate surface area is 93.1 Å². The van der Waals surface area contributed by atoms with E-state index in [9.17, 15) is 4.21 Å². The molecule has 15 heavy (non-hydrogen) atoms. The van der Waals surface area contributed by atoms with E-state index < -0.39 is 10.8 Å². The summed E-state index contributed by atoms with van der Waals surface area (Å²) in [6.45, 7) is 3.56. The molecule has 0 rings (SSSR count). The van der Waals surface area contributed by atoms with E-state index in [4.69, 9.17) is 10.6 Å². The van der Waals surface area contributed by atoms with Crippen LogP contribution in [-0.2, 0) is 15.5 Å². The van der Waals surface area contributed by atoms with Gasteiger partial charge in [-0.3, -0.25) is 14.6 Å². The summed E-state index contributed by atoms with van der Waals surface area (Å²) in [5.74, 6) is 5.75. The van der Waals surface area contributed by atoms with Crippen molar-refractivity contribution in [1.82, 2.24) is 10.7 Å². The molecule has 0 aromatic heterocycles. The number of rotatable bonds is 6. The van der Waals surface area contributed by atoms with Crippen LogP contribution in [0.4, 0.5) is 0 Å². The van der Waals surface area contributed by atoms with E-state index in [1.807, 2.05) is 6.92 Å². The molecule has 0 radical (unpaired) electrons. The van der Waals surface area contributed by atoms with Gasteiger partial charge < -0.3 is 10.1 Å². The lowest BCUT2D eigenvalue weighted by atomic mass is 10.5. The van der Waals surface area contributed by atoms with Crippen LogP contribution in [0.3, 0.4) is 0 Å². The first-order chi connectivity index (χ1) is 7.11. The van der Waals surface area contributed by atoms with E-state index in [-0.39, 0.29) is 5.25 Å². The van der Waals surface area contributed by atoms with Crippen LogP contribution in [0.1, 0.15) is 6.92 Å². The monoisotopic (exact) mass is 236 g/mol. The molecule has 0 aliphatic rings. The van der Waals surface area contributed by atoms with Gasteiger partial charge in [-0.05, 0) is 6.92 Å². The van der Waals surface area contributed by atoms with Gasteiger partial charge in [-0.15, -0.1) is 0 Å². The average Bonchev–Trinajstić information content (AvgIpc) is 2.22. The standard InChI is InChI=1S/C8H20N4O2S/c1-7(15(3)13)6-11-8(12-9)10-4-5-14-2/h7H,4-6,9H2,1-3H3,(H2,10,11,12). The number of aliphatic imine (C=N–C) groups is 1. The van der Waals surface area contributed by atoms with Crippen molar-refractivity contribution in [2.24, 2.45) is 10.8 Å². The Hall–Kier alpha value is -0.660. The van der Waals surface area contributed by atoms with Gasteiger partial charge in [0.25, 0.3) is 0 Å². The van der Waals surface area contributed by atoms with Crippen LogP contribution in [0.5, 0.6) is 0 Å². The van der Waals surface area contributed by atoms with Crippen LogP contribution >= 0.6 is 0 Å². The average molecular weight is 236 g/mol. The maximum absolute atomic E-state index is 11.1. The molecule has 6 nitrogen and oxygen atoms in total. The summed E-state index contributed by atoms with van der Waals surface area (Å²) in [6.07, 6.45) is 1.66. The van der Waals surface area contributed by atoms with Crippen LogP contribution in [0.15, 0.2) is 4.99 Å². The number of nitrogens with zero attached hydrogens (tertiary/aromatic N) is 1. The Balaban J connectivity index is 3.93. The third-order valence-corrected chi connectivity index (χ3v) is 3.09. The minimum atomic E-state index is -0.864. The van der Waals surface area contributed by atoms with Gasteiger partial charge in [0.1, 0.15) is 0 Å². The van der Waals surface area contributed by atoms with Crippen molar-refractivity contribution in [3.63, 3.8) is 0 Å². The number of ether oxygens (including phenoxy) is 1. The maximum atomic E-state index is 11.1. The topological polar surface area (TPSA) is 88.7 Å². The predicted octanol–water partition coefficient (Wildman–Crippen LogP) is -1.19. The van der Waals surface area contributed by atoms with Crippen molar-refractivity contribution < 1.29 is 8.95 Å². The third-order valence-electron chi connectivity index (χ3n) is 1.81. The van der Waals surface area contributed by atoms with Crippen molar-refractivity contribution in [3.05, 3.63) is 0 Å². The maximum Gasteiger partial charge on any atom is 0.205 e. The highest BCUT2D eigenvalue weighted by Gasteiger charge is 2.05. The quantitative estimate of drug-likeness (QED) is 0.177. The Bertz CT molecular complexity index is 223. The van der Waals surface area contributed by atoms with Crippen LogP contribution in [0, 0.1) is 0 Å². The largest absolute Gasteiger partial charge is 0.383 e. The van der Waals surface area contributed by atoms with Crippen molar-refractivity contribution in [3.8, 4) is 0 Å². The summed E-state index contributed by atoms with van der Waals surface area (Å²) in [6, 6.07) is 0. The Morgan fingerprint density at radius 3 is 2.80 bits per heavy atom. The second kappa shape index (κ2) is 8.63. The fraction of sp³-hybridized carbons (Fsp3) is 0.875. The van der Waals surface area contributed by atoms with Gasteiger partial charge in [0.05, 0.1) is 18.4 Å². The highest BCUT2D eigenvalue weighted by molar-refractivity contribution is 7.84. The highest BCUT2D eigenvalue weighted by Crippen LogP contribution is 1.92. The first kappa shape index (κ1) is 14.3. The Morgan fingerprint density at radius 2 is 2.33 bits per heavy atom. The minimum absolute atomic E-state index is 0.0255. The first-order valence-corrected chi connectivity index (χ1v) is 6.30. The third kappa shape index (κ3) is 7.29. The fourth-order valence-corrected chi connectivity index (χ4v) is 1.03. The van der Waals surface area contributed by atoms with Gasteiger partial charge in [0, 0.05) is 30.7 Å². The molecule has 0 aromatic carbocycles. The van der Waals surface area contributed by atoms with Crippen LogP contribution < -0.4 is 16.6 Å². The van der Waals surface area contributed by atoms with E-state index in [0.717, 1.165) is 0 Å². The molecule has 0 aliphatic carbocycles. The number of guanidine groups is 1. The number of methoxy groups -OCH3 is 1. The summed E-state index contributed by atoms with van der Waals surface area (Å²) in [5.41, 5.74) is 2.44. The normalized spacial score (nSPS) is 15.9. The van der Waals surface area contributed by atoms with Crippen molar-refractivity contribution in [1.29, 1.82) is 0 Å². The molecule has 0 saturated carbocycles. The van der Waals surface area contributed by atoms with Gasteiger partial charge in [0.2, 0.25) is 5.96 Å². The second-order valence-corrected chi connectivity index (χ2v) is 4.86. The molecule has 7 heteroatoms. The molecular formula is C8H20N4O2S. The smallest absolute Gasteiger partial charge is 0.205 e. The molecule has 0 bridgehead atoms. The predicted molar refractivity (Wildman–Crippen MR) is 63.0 cm³/mol. The summed E-state index contributed by atoms with van der Waals surface area (Å²) in [4.78, 5) is 4.16. The molecule has 90 valence electrons. The van der Waals surface area contributed by atoms with Gasteiger partial charge in [-0.2, -0.15) is 0 Å². The van der Waals surface area contributed by atoms with Crippen LogP contribution in [-0.4, -0.2) is 48.5 Å². The molecule has 0 aromatic rings. The molecule has 0 saturated heterocycles. The molecule has 2 atom stereocenters. The zero-order valence-corrected chi connectivity index (χ0v) is 10.3. The number of hydrogen-bond acceptors (Lipinski definition) is 4. The van der Waals surface area contributed by atoms with Crippen molar-refractivity contribution in [2.45, 2.75) is 12.2 Å². The molecule has 0 heterocycles. The van der Waals surface area contributed by atoms with Gasteiger partial charge in [-0.25, -0.2) is 5.84 Å². The summed E-state index contributed by atoms with van der Waals surface area (Å²) >= 11 is 0.